The Balaban J connectivity index is 1.84. The summed E-state index contributed by atoms with van der Waals surface area (Å²) in [6, 6.07) is 13.5. The highest BCUT2D eigenvalue weighted by molar-refractivity contribution is 5.88. The highest BCUT2D eigenvalue weighted by Crippen LogP contribution is 2.25. The molecule has 0 bridgehead atoms. The van der Waals surface area contributed by atoms with Gasteiger partial charge in [-0.05, 0) is 37.1 Å². The second kappa shape index (κ2) is 7.31. The SMILES string of the molecule is CCOC(=O)Cn1nc(Cc2c[nH]c3cccc(C)c23)c2ccccc2c1=O. The van der Waals surface area contributed by atoms with Gasteiger partial charge in [-0.25, -0.2) is 4.68 Å². The first-order chi connectivity index (χ1) is 13.6. The molecule has 6 heteroatoms. The number of fused-ring (bicyclic) bond motifs is 2. The normalized spacial score (nSPS) is 11.2. The Morgan fingerprint density at radius 2 is 1.93 bits per heavy atom. The molecule has 0 fully saturated rings. The minimum absolute atomic E-state index is 0.197. The molecule has 0 amide bonds. The largest absolute Gasteiger partial charge is 0.465 e. The molecule has 0 aliphatic carbocycles. The van der Waals surface area contributed by atoms with Crippen LogP contribution in [0.25, 0.3) is 21.7 Å². The predicted octanol–water partition coefficient (Wildman–Crippen LogP) is 3.34. The minimum Gasteiger partial charge on any atom is -0.465 e. The molecule has 28 heavy (non-hydrogen) atoms. The van der Waals surface area contributed by atoms with Crippen molar-refractivity contribution in [2.24, 2.45) is 0 Å². The Bertz CT molecular complexity index is 1240. The number of rotatable bonds is 5. The van der Waals surface area contributed by atoms with E-state index in [0.29, 0.717) is 11.8 Å². The maximum Gasteiger partial charge on any atom is 0.327 e. The van der Waals surface area contributed by atoms with Crippen LogP contribution in [0.2, 0.25) is 0 Å². The van der Waals surface area contributed by atoms with Crippen LogP contribution < -0.4 is 5.56 Å². The summed E-state index contributed by atoms with van der Waals surface area (Å²) in [6.07, 6.45) is 2.53. The molecular weight excluding hydrogens is 354 g/mol. The summed E-state index contributed by atoms with van der Waals surface area (Å²) in [5, 5.41) is 7.04. The summed E-state index contributed by atoms with van der Waals surface area (Å²) in [5.74, 6) is -0.471. The first kappa shape index (κ1) is 18.0. The van der Waals surface area contributed by atoms with Crippen LogP contribution in [0.3, 0.4) is 0 Å². The second-order valence-corrected chi connectivity index (χ2v) is 6.75. The van der Waals surface area contributed by atoms with Gasteiger partial charge >= 0.3 is 5.97 Å². The zero-order chi connectivity index (χ0) is 19.7. The molecule has 2 aromatic heterocycles. The van der Waals surface area contributed by atoms with E-state index in [1.54, 1.807) is 13.0 Å². The zero-order valence-electron chi connectivity index (χ0n) is 15.9. The molecule has 0 spiro atoms. The molecule has 142 valence electrons. The molecule has 0 saturated carbocycles. The highest BCUT2D eigenvalue weighted by atomic mass is 16.5. The number of hydrogen-bond acceptors (Lipinski definition) is 4. The fourth-order valence-electron chi connectivity index (χ4n) is 3.64. The Hall–Kier alpha value is -3.41. The van der Waals surface area contributed by atoms with E-state index in [4.69, 9.17) is 4.74 Å². The number of benzene rings is 2. The van der Waals surface area contributed by atoms with Crippen LogP contribution in [0.5, 0.6) is 0 Å². The van der Waals surface area contributed by atoms with Gasteiger partial charge in [0.2, 0.25) is 0 Å². The molecule has 6 nitrogen and oxygen atoms in total. The third-order valence-electron chi connectivity index (χ3n) is 4.88. The number of aromatic nitrogens is 3. The van der Waals surface area contributed by atoms with Crippen molar-refractivity contribution in [3.8, 4) is 0 Å². The van der Waals surface area contributed by atoms with Crippen molar-refractivity contribution in [2.75, 3.05) is 6.61 Å². The summed E-state index contributed by atoms with van der Waals surface area (Å²) >= 11 is 0. The molecule has 0 saturated heterocycles. The summed E-state index contributed by atoms with van der Waals surface area (Å²) in [4.78, 5) is 28.0. The number of hydrogen-bond donors (Lipinski definition) is 1. The van der Waals surface area contributed by atoms with Crippen LogP contribution in [0, 0.1) is 6.92 Å². The van der Waals surface area contributed by atoms with Crippen molar-refractivity contribution in [1.29, 1.82) is 0 Å². The van der Waals surface area contributed by atoms with Crippen molar-refractivity contribution >= 4 is 27.6 Å². The molecule has 0 radical (unpaired) electrons. The zero-order valence-corrected chi connectivity index (χ0v) is 15.9. The summed E-state index contributed by atoms with van der Waals surface area (Å²) in [7, 11) is 0. The Morgan fingerprint density at radius 1 is 1.14 bits per heavy atom. The molecule has 0 aliphatic rings. The number of nitrogens with zero attached hydrogens (tertiary/aromatic N) is 2. The van der Waals surface area contributed by atoms with Crippen LogP contribution in [0.15, 0.2) is 53.5 Å². The standard InChI is InChI=1S/C22H21N3O3/c1-3-28-20(26)13-25-22(27)17-9-5-4-8-16(17)19(24-25)11-15-12-23-18-10-6-7-14(2)21(15)18/h4-10,12,23H,3,11,13H2,1-2H3. The second-order valence-electron chi connectivity index (χ2n) is 6.75. The fraction of sp³-hybridized carbons (Fsp3) is 0.227. The highest BCUT2D eigenvalue weighted by Gasteiger charge is 2.15. The number of aromatic amines is 1. The van der Waals surface area contributed by atoms with E-state index in [0.717, 1.165) is 27.5 Å². The maximum absolute atomic E-state index is 12.8. The minimum atomic E-state index is -0.471. The molecule has 2 heterocycles. The lowest BCUT2D eigenvalue weighted by atomic mass is 10.0. The molecular formula is C22H21N3O3. The van der Waals surface area contributed by atoms with E-state index in [-0.39, 0.29) is 18.7 Å². The maximum atomic E-state index is 12.8. The first-order valence-corrected chi connectivity index (χ1v) is 9.28. The van der Waals surface area contributed by atoms with Gasteiger partial charge in [0, 0.05) is 28.9 Å². The van der Waals surface area contributed by atoms with Crippen LogP contribution in [0.4, 0.5) is 0 Å². The van der Waals surface area contributed by atoms with E-state index in [1.807, 2.05) is 36.5 Å². The average molecular weight is 375 g/mol. The van der Waals surface area contributed by atoms with Crippen LogP contribution in [0.1, 0.15) is 23.7 Å². The van der Waals surface area contributed by atoms with Gasteiger partial charge in [0.1, 0.15) is 6.54 Å². The van der Waals surface area contributed by atoms with Gasteiger partial charge in [-0.15, -0.1) is 0 Å². The number of esters is 1. The topological polar surface area (TPSA) is 77.0 Å². The molecule has 0 atom stereocenters. The first-order valence-electron chi connectivity index (χ1n) is 9.28. The average Bonchev–Trinajstić information content (AvgIpc) is 3.10. The molecule has 2 aromatic carbocycles. The van der Waals surface area contributed by atoms with Crippen molar-refractivity contribution in [3.05, 3.63) is 75.8 Å². The molecule has 0 unspecified atom stereocenters. The van der Waals surface area contributed by atoms with Crippen molar-refractivity contribution in [3.63, 3.8) is 0 Å². The Labute approximate surface area is 161 Å². The Morgan fingerprint density at radius 3 is 2.71 bits per heavy atom. The molecule has 4 aromatic rings. The fourth-order valence-corrected chi connectivity index (χ4v) is 3.64. The number of aryl methyl sites for hydroxylation is 1. The number of H-pyrrole nitrogens is 1. The lowest BCUT2D eigenvalue weighted by molar-refractivity contribution is -0.144. The molecule has 4 rings (SSSR count). The molecule has 0 aliphatic heterocycles. The smallest absolute Gasteiger partial charge is 0.327 e. The predicted molar refractivity (Wildman–Crippen MR) is 108 cm³/mol. The third-order valence-corrected chi connectivity index (χ3v) is 4.88. The number of carbonyl (C=O) groups is 1. The van der Waals surface area contributed by atoms with Crippen molar-refractivity contribution in [2.45, 2.75) is 26.8 Å². The summed E-state index contributed by atoms with van der Waals surface area (Å²) < 4.78 is 6.19. The van der Waals surface area contributed by atoms with Gasteiger partial charge in [0.25, 0.3) is 5.56 Å². The van der Waals surface area contributed by atoms with Crippen molar-refractivity contribution < 1.29 is 9.53 Å². The lowest BCUT2D eigenvalue weighted by Gasteiger charge is -2.11. The van der Waals surface area contributed by atoms with Crippen LogP contribution in [-0.4, -0.2) is 27.3 Å². The van der Waals surface area contributed by atoms with E-state index >= 15 is 0 Å². The number of ether oxygens (including phenoxy) is 1. The van der Waals surface area contributed by atoms with Crippen molar-refractivity contribution in [1.82, 2.24) is 14.8 Å². The summed E-state index contributed by atoms with van der Waals surface area (Å²) in [6.45, 7) is 3.88. The summed E-state index contributed by atoms with van der Waals surface area (Å²) in [5.41, 5.74) is 3.82. The Kier molecular flexibility index (Phi) is 4.69. The van der Waals surface area contributed by atoms with Gasteiger partial charge in [-0.3, -0.25) is 9.59 Å². The monoisotopic (exact) mass is 375 g/mol. The van der Waals surface area contributed by atoms with Crippen LogP contribution in [-0.2, 0) is 22.5 Å². The van der Waals surface area contributed by atoms with E-state index in [9.17, 15) is 9.59 Å². The van der Waals surface area contributed by atoms with Gasteiger partial charge < -0.3 is 9.72 Å². The molecule has 1 N–H and O–H groups in total. The van der Waals surface area contributed by atoms with Gasteiger partial charge in [-0.1, -0.05) is 30.3 Å². The lowest BCUT2D eigenvalue weighted by Crippen LogP contribution is -2.29. The van der Waals surface area contributed by atoms with E-state index < -0.39 is 5.97 Å². The van der Waals surface area contributed by atoms with Gasteiger partial charge in [-0.2, -0.15) is 5.10 Å². The van der Waals surface area contributed by atoms with Crippen LogP contribution >= 0.6 is 0 Å². The van der Waals surface area contributed by atoms with Gasteiger partial charge in [0.05, 0.1) is 17.7 Å². The van der Waals surface area contributed by atoms with E-state index in [2.05, 4.69) is 23.1 Å². The number of carbonyl (C=O) groups excluding carboxylic acids is 1. The number of nitrogens with one attached hydrogen (secondary N) is 1. The van der Waals surface area contributed by atoms with E-state index in [1.165, 1.54) is 10.2 Å². The quantitative estimate of drug-likeness (QED) is 0.543. The third kappa shape index (κ3) is 3.17. The van der Waals surface area contributed by atoms with Gasteiger partial charge in [0.15, 0.2) is 0 Å².